The molecule has 0 aromatic heterocycles. The zero-order valence-corrected chi connectivity index (χ0v) is 14.3. The third-order valence-corrected chi connectivity index (χ3v) is 8.35. The average molecular weight is 275 g/mol. The Kier molecular flexibility index (Phi) is 10.2. The normalized spacial score (nSPS) is 16.8. The van der Waals surface area contributed by atoms with Crippen LogP contribution in [0.2, 0.25) is 0 Å². The Morgan fingerprint density at radius 3 is 1.94 bits per heavy atom. The van der Waals surface area contributed by atoms with Gasteiger partial charge >= 0.3 is 0 Å². The van der Waals surface area contributed by atoms with Gasteiger partial charge in [-0.15, -0.1) is 0 Å². The zero-order chi connectivity index (χ0) is 14.0. The highest BCUT2D eigenvalue weighted by Crippen LogP contribution is 2.53. The lowest BCUT2D eigenvalue weighted by Crippen LogP contribution is -2.12. The molecular formula is C16H35OP. The van der Waals surface area contributed by atoms with Gasteiger partial charge in [0, 0.05) is 18.0 Å². The fraction of sp³-hybridized carbons (Fsp3) is 1.00. The molecule has 0 fully saturated rings. The van der Waals surface area contributed by atoms with Crippen molar-refractivity contribution in [3.8, 4) is 0 Å². The monoisotopic (exact) mass is 275 g/mol. The van der Waals surface area contributed by atoms with Gasteiger partial charge in [-0.2, -0.15) is 0 Å². The summed E-state index contributed by atoms with van der Waals surface area (Å²) in [4.78, 5) is 0. The van der Waals surface area contributed by atoms with Crippen molar-refractivity contribution in [1.29, 1.82) is 0 Å². The van der Waals surface area contributed by atoms with Crippen LogP contribution < -0.4 is 0 Å². The first-order valence-corrected chi connectivity index (χ1v) is 10.2. The van der Waals surface area contributed by atoms with Crippen LogP contribution in [0.1, 0.15) is 79.6 Å². The van der Waals surface area contributed by atoms with Crippen LogP contribution in [-0.2, 0) is 4.57 Å². The molecule has 0 amide bonds. The van der Waals surface area contributed by atoms with Gasteiger partial charge in [0.15, 0.2) is 0 Å². The summed E-state index contributed by atoms with van der Waals surface area (Å²) >= 11 is 0. The van der Waals surface area contributed by atoms with Gasteiger partial charge < -0.3 is 4.57 Å². The van der Waals surface area contributed by atoms with Crippen molar-refractivity contribution >= 4 is 7.14 Å². The van der Waals surface area contributed by atoms with E-state index in [2.05, 4.69) is 34.6 Å². The maximum Gasteiger partial charge on any atom is 0.0906 e. The predicted octanol–water partition coefficient (Wildman–Crippen LogP) is 6.16. The van der Waals surface area contributed by atoms with Crippen molar-refractivity contribution in [3.63, 3.8) is 0 Å². The lowest BCUT2D eigenvalue weighted by Gasteiger charge is -2.26. The summed E-state index contributed by atoms with van der Waals surface area (Å²) in [7, 11) is -1.92. The predicted molar refractivity (Wildman–Crippen MR) is 85.3 cm³/mol. The van der Waals surface area contributed by atoms with Crippen LogP contribution in [0.5, 0.6) is 0 Å². The van der Waals surface area contributed by atoms with Crippen molar-refractivity contribution in [2.75, 3.05) is 12.3 Å². The van der Waals surface area contributed by atoms with E-state index in [-0.39, 0.29) is 0 Å². The maximum absolute atomic E-state index is 13.0. The topological polar surface area (TPSA) is 17.1 Å². The molecule has 0 aliphatic rings. The largest absolute Gasteiger partial charge is 0.323 e. The molecule has 1 nitrogen and oxygen atoms in total. The van der Waals surface area contributed by atoms with Gasteiger partial charge in [-0.1, -0.05) is 66.7 Å². The third-order valence-electron chi connectivity index (χ3n) is 3.96. The molecule has 0 aromatic rings. The molecule has 0 spiro atoms. The van der Waals surface area contributed by atoms with Crippen molar-refractivity contribution in [2.45, 2.75) is 85.2 Å². The summed E-state index contributed by atoms with van der Waals surface area (Å²) < 4.78 is 13.0. The molecule has 0 saturated carbocycles. The first kappa shape index (κ1) is 18.2. The van der Waals surface area contributed by atoms with Gasteiger partial charge in [-0.3, -0.25) is 0 Å². The molecule has 0 N–H and O–H groups in total. The average Bonchev–Trinajstić information content (AvgIpc) is 2.31. The minimum Gasteiger partial charge on any atom is -0.323 e. The first-order valence-electron chi connectivity index (χ1n) is 8.04. The van der Waals surface area contributed by atoms with E-state index in [1.165, 1.54) is 38.5 Å². The smallest absolute Gasteiger partial charge is 0.0906 e. The van der Waals surface area contributed by atoms with Crippen molar-refractivity contribution in [3.05, 3.63) is 0 Å². The highest BCUT2D eigenvalue weighted by atomic mass is 32.2. The van der Waals surface area contributed by atoms with Crippen LogP contribution >= 0.6 is 7.14 Å². The fourth-order valence-electron chi connectivity index (χ4n) is 2.60. The van der Waals surface area contributed by atoms with E-state index in [9.17, 15) is 4.57 Å². The molecule has 0 heterocycles. The molecule has 0 aliphatic heterocycles. The molecule has 2 heteroatoms. The molecule has 110 valence electrons. The Balaban J connectivity index is 4.06. The van der Waals surface area contributed by atoms with Gasteiger partial charge in [-0.25, -0.2) is 0 Å². The molecular weight excluding hydrogens is 240 g/mol. The maximum atomic E-state index is 13.0. The van der Waals surface area contributed by atoms with Crippen LogP contribution in [0.4, 0.5) is 0 Å². The highest BCUT2D eigenvalue weighted by molar-refractivity contribution is 7.64. The second-order valence-corrected chi connectivity index (χ2v) is 9.88. The van der Waals surface area contributed by atoms with Crippen LogP contribution in [-0.4, -0.2) is 18.0 Å². The molecule has 0 rings (SSSR count). The third kappa shape index (κ3) is 7.62. The standard InChI is InChI=1S/C16H35OP/c1-6-8-9-10-11-12-13-18(17,14-15(3)4)16(5)7-2/h15-16H,6-14H2,1-5H3/i18+1. The van der Waals surface area contributed by atoms with Gasteiger partial charge in [0.05, 0.1) is 7.14 Å². The number of hydrogen-bond acceptors (Lipinski definition) is 1. The molecule has 0 aliphatic carbocycles. The van der Waals surface area contributed by atoms with E-state index in [0.717, 1.165) is 18.7 Å². The molecule has 2 unspecified atom stereocenters. The Morgan fingerprint density at radius 2 is 1.44 bits per heavy atom. The van der Waals surface area contributed by atoms with E-state index < -0.39 is 7.14 Å². The molecule has 0 radical (unpaired) electrons. The quantitative estimate of drug-likeness (QED) is 0.326. The second-order valence-electron chi connectivity index (χ2n) is 6.28. The fourth-order valence-corrected chi connectivity index (χ4v) is 6.25. The minimum absolute atomic E-state index is 0.426. The van der Waals surface area contributed by atoms with Gasteiger partial charge in [0.1, 0.15) is 0 Å². The summed E-state index contributed by atoms with van der Waals surface area (Å²) in [6, 6.07) is 0. The second kappa shape index (κ2) is 10.1. The Morgan fingerprint density at radius 1 is 0.889 bits per heavy atom. The van der Waals surface area contributed by atoms with Crippen molar-refractivity contribution in [1.82, 2.24) is 0 Å². The van der Waals surface area contributed by atoms with E-state index in [0.29, 0.717) is 11.6 Å². The van der Waals surface area contributed by atoms with E-state index >= 15 is 0 Å². The van der Waals surface area contributed by atoms with E-state index in [4.69, 9.17) is 0 Å². The zero-order valence-electron chi connectivity index (χ0n) is 13.4. The Labute approximate surface area is 116 Å². The van der Waals surface area contributed by atoms with E-state index in [1.807, 2.05) is 0 Å². The highest BCUT2D eigenvalue weighted by Gasteiger charge is 2.28. The van der Waals surface area contributed by atoms with Gasteiger partial charge in [-0.05, 0) is 18.8 Å². The summed E-state index contributed by atoms with van der Waals surface area (Å²) in [5.41, 5.74) is 0.426. The van der Waals surface area contributed by atoms with Crippen LogP contribution in [0.25, 0.3) is 0 Å². The molecule has 0 bridgehead atoms. The van der Waals surface area contributed by atoms with E-state index in [1.54, 1.807) is 0 Å². The number of unbranched alkanes of at least 4 members (excludes halogenated alkanes) is 5. The summed E-state index contributed by atoms with van der Waals surface area (Å²) in [5.74, 6) is 0.574. The summed E-state index contributed by atoms with van der Waals surface area (Å²) in [5, 5.41) is 0. The molecule has 0 saturated heterocycles. The minimum atomic E-state index is -1.92. The first-order chi connectivity index (χ1) is 8.46. The lowest BCUT2D eigenvalue weighted by atomic mass is 10.1. The lowest BCUT2D eigenvalue weighted by molar-refractivity contribution is 0.547. The number of hydrogen-bond donors (Lipinski definition) is 0. The summed E-state index contributed by atoms with van der Waals surface area (Å²) in [6.07, 6.45) is 10.8. The Hall–Kier alpha value is 0.230. The van der Waals surface area contributed by atoms with Crippen LogP contribution in [0, 0.1) is 5.92 Å². The molecule has 18 heavy (non-hydrogen) atoms. The van der Waals surface area contributed by atoms with Gasteiger partial charge in [0.25, 0.3) is 0 Å². The van der Waals surface area contributed by atoms with Gasteiger partial charge in [0.2, 0.25) is 0 Å². The van der Waals surface area contributed by atoms with Crippen molar-refractivity contribution < 1.29 is 4.57 Å². The summed E-state index contributed by atoms with van der Waals surface area (Å²) in [6.45, 7) is 11.0. The molecule has 2 atom stereocenters. The number of rotatable bonds is 11. The Bertz CT molecular complexity index is 235. The SMILES string of the molecule is CCCCCCCC[32P](=O)(CC(C)C)C(C)CC. The van der Waals surface area contributed by atoms with Crippen LogP contribution in [0.3, 0.4) is 0 Å². The molecule has 0 aromatic carbocycles. The van der Waals surface area contributed by atoms with Crippen LogP contribution in [0.15, 0.2) is 0 Å². The van der Waals surface area contributed by atoms with Crippen molar-refractivity contribution in [2.24, 2.45) is 5.92 Å².